The summed E-state index contributed by atoms with van der Waals surface area (Å²) in [7, 11) is 0. The van der Waals surface area contributed by atoms with Crippen LogP contribution in [0.5, 0.6) is 0 Å². The highest BCUT2D eigenvalue weighted by Crippen LogP contribution is 2.16. The number of ether oxygens (including phenoxy) is 1. The molecular weight excluding hydrogens is 351 g/mol. The molecule has 0 fully saturated rings. The molecule has 0 saturated heterocycles. The van der Waals surface area contributed by atoms with Crippen LogP contribution in [0.15, 0.2) is 22.7 Å². The number of carbonyl (C=O) groups is 1. The van der Waals surface area contributed by atoms with E-state index in [1.54, 1.807) is 6.07 Å². The molecule has 124 valence electrons. The SMILES string of the molecule is CCC(CNC(=O)OC(C)(C)C)NCc1ccc(Br)c(F)c1. The first kappa shape index (κ1) is 18.9. The van der Waals surface area contributed by atoms with Gasteiger partial charge >= 0.3 is 6.09 Å². The second kappa shape index (κ2) is 8.48. The predicted octanol–water partition coefficient (Wildman–Crippen LogP) is 3.98. The minimum Gasteiger partial charge on any atom is -0.444 e. The van der Waals surface area contributed by atoms with Gasteiger partial charge in [-0.2, -0.15) is 0 Å². The molecular formula is C16H24BrFN2O2. The molecule has 4 nitrogen and oxygen atoms in total. The molecule has 0 aliphatic carbocycles. The van der Waals surface area contributed by atoms with Crippen molar-refractivity contribution in [1.82, 2.24) is 10.6 Å². The van der Waals surface area contributed by atoms with Crippen LogP contribution in [-0.4, -0.2) is 24.3 Å². The van der Waals surface area contributed by atoms with E-state index in [4.69, 9.17) is 4.74 Å². The summed E-state index contributed by atoms with van der Waals surface area (Å²) in [6, 6.07) is 5.13. The molecule has 22 heavy (non-hydrogen) atoms. The van der Waals surface area contributed by atoms with Crippen molar-refractivity contribution >= 4 is 22.0 Å². The van der Waals surface area contributed by atoms with Crippen molar-refractivity contribution in [2.75, 3.05) is 6.54 Å². The summed E-state index contributed by atoms with van der Waals surface area (Å²) in [6.07, 6.45) is 0.414. The van der Waals surface area contributed by atoms with Gasteiger partial charge in [0.05, 0.1) is 4.47 Å². The minimum absolute atomic E-state index is 0.0965. The molecule has 0 bridgehead atoms. The third-order valence-corrected chi connectivity index (χ3v) is 3.61. The van der Waals surface area contributed by atoms with Crippen LogP contribution in [0.1, 0.15) is 39.7 Å². The third kappa shape index (κ3) is 7.22. The Kier molecular flexibility index (Phi) is 7.29. The second-order valence-electron chi connectivity index (χ2n) is 6.12. The lowest BCUT2D eigenvalue weighted by atomic mass is 10.1. The Morgan fingerprint density at radius 2 is 2.09 bits per heavy atom. The fourth-order valence-electron chi connectivity index (χ4n) is 1.79. The van der Waals surface area contributed by atoms with Crippen LogP contribution < -0.4 is 10.6 Å². The Morgan fingerprint density at radius 1 is 1.41 bits per heavy atom. The third-order valence-electron chi connectivity index (χ3n) is 2.96. The van der Waals surface area contributed by atoms with Gasteiger partial charge < -0.3 is 15.4 Å². The largest absolute Gasteiger partial charge is 0.444 e. The Hall–Kier alpha value is -1.14. The van der Waals surface area contributed by atoms with Crippen molar-refractivity contribution in [2.45, 2.75) is 52.3 Å². The van der Waals surface area contributed by atoms with Crippen LogP contribution in [0, 0.1) is 5.82 Å². The van der Waals surface area contributed by atoms with Gasteiger partial charge in [0.25, 0.3) is 0 Å². The van der Waals surface area contributed by atoms with Gasteiger partial charge in [-0.3, -0.25) is 0 Å². The number of halogens is 2. The molecule has 1 aromatic rings. The molecule has 2 N–H and O–H groups in total. The lowest BCUT2D eigenvalue weighted by molar-refractivity contribution is 0.0522. The lowest BCUT2D eigenvalue weighted by Crippen LogP contribution is -2.42. The average molecular weight is 375 g/mol. The minimum atomic E-state index is -0.506. The summed E-state index contributed by atoms with van der Waals surface area (Å²) in [4.78, 5) is 11.6. The topological polar surface area (TPSA) is 50.4 Å². The van der Waals surface area contributed by atoms with E-state index in [-0.39, 0.29) is 11.9 Å². The molecule has 6 heteroatoms. The summed E-state index contributed by atoms with van der Waals surface area (Å²) in [6.45, 7) is 8.50. The van der Waals surface area contributed by atoms with Crippen molar-refractivity contribution in [3.8, 4) is 0 Å². The number of benzene rings is 1. The van der Waals surface area contributed by atoms with Gasteiger partial charge in [0.15, 0.2) is 0 Å². The Labute approximate surface area is 139 Å². The van der Waals surface area contributed by atoms with Gasteiger partial charge in [-0.25, -0.2) is 9.18 Å². The van der Waals surface area contributed by atoms with Gasteiger partial charge in [0, 0.05) is 19.1 Å². The molecule has 1 amide bonds. The lowest BCUT2D eigenvalue weighted by Gasteiger charge is -2.22. The monoisotopic (exact) mass is 374 g/mol. The quantitative estimate of drug-likeness (QED) is 0.791. The molecule has 0 saturated carbocycles. The molecule has 0 aromatic heterocycles. The van der Waals surface area contributed by atoms with E-state index in [9.17, 15) is 9.18 Å². The average Bonchev–Trinajstić information content (AvgIpc) is 2.41. The van der Waals surface area contributed by atoms with Gasteiger partial charge in [-0.05, 0) is 60.8 Å². The van der Waals surface area contributed by atoms with Crippen LogP contribution in [-0.2, 0) is 11.3 Å². The number of hydrogen-bond donors (Lipinski definition) is 2. The number of rotatable bonds is 6. The smallest absolute Gasteiger partial charge is 0.407 e. The highest BCUT2D eigenvalue weighted by molar-refractivity contribution is 9.10. The standard InChI is InChI=1S/C16H24BrFN2O2/c1-5-12(10-20-15(21)22-16(2,3)4)19-9-11-6-7-13(17)14(18)8-11/h6-8,12,19H,5,9-10H2,1-4H3,(H,20,21). The Bertz CT molecular complexity index is 503. The van der Waals surface area contributed by atoms with E-state index in [1.807, 2.05) is 33.8 Å². The second-order valence-corrected chi connectivity index (χ2v) is 6.97. The maximum Gasteiger partial charge on any atom is 0.407 e. The van der Waals surface area contributed by atoms with Crippen LogP contribution in [0.2, 0.25) is 0 Å². The fourth-order valence-corrected chi connectivity index (χ4v) is 2.04. The zero-order chi connectivity index (χ0) is 16.8. The maximum atomic E-state index is 13.4. The van der Waals surface area contributed by atoms with Gasteiger partial charge in [-0.15, -0.1) is 0 Å². The first-order valence-electron chi connectivity index (χ1n) is 7.35. The van der Waals surface area contributed by atoms with Crippen molar-refractivity contribution in [2.24, 2.45) is 0 Å². The predicted molar refractivity (Wildman–Crippen MR) is 89.3 cm³/mol. The van der Waals surface area contributed by atoms with Crippen molar-refractivity contribution in [1.29, 1.82) is 0 Å². The molecule has 1 aromatic carbocycles. The highest BCUT2D eigenvalue weighted by Gasteiger charge is 2.16. The maximum absolute atomic E-state index is 13.4. The molecule has 0 spiro atoms. The van der Waals surface area contributed by atoms with Crippen LogP contribution in [0.4, 0.5) is 9.18 Å². The zero-order valence-corrected chi connectivity index (χ0v) is 15.1. The van der Waals surface area contributed by atoms with Gasteiger partial charge in [0.2, 0.25) is 0 Å². The summed E-state index contributed by atoms with van der Waals surface area (Å²) >= 11 is 3.13. The van der Waals surface area contributed by atoms with E-state index in [0.29, 0.717) is 17.6 Å². The van der Waals surface area contributed by atoms with Crippen LogP contribution in [0.3, 0.4) is 0 Å². The number of nitrogens with one attached hydrogen (secondary N) is 2. The Balaban J connectivity index is 2.42. The van der Waals surface area contributed by atoms with E-state index >= 15 is 0 Å². The number of carbonyl (C=O) groups excluding carboxylic acids is 1. The first-order valence-corrected chi connectivity index (χ1v) is 8.14. The molecule has 1 rings (SSSR count). The summed E-state index contributed by atoms with van der Waals surface area (Å²) < 4.78 is 19.1. The normalized spacial score (nSPS) is 12.8. The zero-order valence-electron chi connectivity index (χ0n) is 13.5. The van der Waals surface area contributed by atoms with Crippen molar-refractivity contribution in [3.63, 3.8) is 0 Å². The number of hydrogen-bond acceptors (Lipinski definition) is 3. The molecule has 1 atom stereocenters. The van der Waals surface area contributed by atoms with Crippen LogP contribution >= 0.6 is 15.9 Å². The van der Waals surface area contributed by atoms with Gasteiger partial charge in [0.1, 0.15) is 11.4 Å². The van der Waals surface area contributed by atoms with Gasteiger partial charge in [-0.1, -0.05) is 13.0 Å². The Morgan fingerprint density at radius 3 is 2.64 bits per heavy atom. The molecule has 0 aliphatic rings. The first-order chi connectivity index (χ1) is 10.2. The molecule has 0 aliphatic heterocycles. The number of alkyl carbamates (subject to hydrolysis) is 1. The van der Waals surface area contributed by atoms with Crippen molar-refractivity contribution in [3.05, 3.63) is 34.1 Å². The van der Waals surface area contributed by atoms with Crippen LogP contribution in [0.25, 0.3) is 0 Å². The summed E-state index contributed by atoms with van der Waals surface area (Å²) in [5.41, 5.74) is 0.352. The summed E-state index contributed by atoms with van der Waals surface area (Å²) in [5.74, 6) is -0.278. The van der Waals surface area contributed by atoms with E-state index in [1.165, 1.54) is 6.07 Å². The van der Waals surface area contributed by atoms with E-state index in [0.717, 1.165) is 12.0 Å². The molecule has 0 heterocycles. The summed E-state index contributed by atoms with van der Waals surface area (Å²) in [5, 5.41) is 6.04. The molecule has 0 radical (unpaired) electrons. The highest BCUT2D eigenvalue weighted by atomic mass is 79.9. The fraction of sp³-hybridized carbons (Fsp3) is 0.562. The van der Waals surface area contributed by atoms with E-state index in [2.05, 4.69) is 26.6 Å². The molecule has 1 unspecified atom stereocenters. The van der Waals surface area contributed by atoms with E-state index < -0.39 is 11.7 Å². The van der Waals surface area contributed by atoms with Crippen molar-refractivity contribution < 1.29 is 13.9 Å². The number of amides is 1.